The van der Waals surface area contributed by atoms with Crippen molar-refractivity contribution in [3.8, 4) is 17.1 Å². The molecule has 0 aliphatic carbocycles. The van der Waals surface area contributed by atoms with Gasteiger partial charge in [0.25, 0.3) is 0 Å². The lowest BCUT2D eigenvalue weighted by atomic mass is 10.1. The lowest BCUT2D eigenvalue weighted by molar-refractivity contribution is 0.0994. The summed E-state index contributed by atoms with van der Waals surface area (Å²) in [5.74, 6) is 1.30. The number of aryl methyl sites for hydroxylation is 1. The van der Waals surface area contributed by atoms with Gasteiger partial charge in [-0.3, -0.25) is 0 Å². The van der Waals surface area contributed by atoms with Crippen LogP contribution in [0.3, 0.4) is 0 Å². The van der Waals surface area contributed by atoms with Crippen LogP contribution >= 0.6 is 0 Å². The molecule has 1 atom stereocenters. The standard InChI is InChI=1S/C14H19N5O2/c1-20-12-6-2-5-11(15)13(12)14-16-17-18-19(14)8-7-10-4-3-9-21-10/h2,5-6,10H,3-4,7-9,15H2,1H3. The summed E-state index contributed by atoms with van der Waals surface area (Å²) in [5.41, 5.74) is 7.39. The Balaban J connectivity index is 1.84. The number of tetrazole rings is 1. The van der Waals surface area contributed by atoms with Crippen LogP contribution in [0.25, 0.3) is 11.4 Å². The quantitative estimate of drug-likeness (QED) is 0.839. The van der Waals surface area contributed by atoms with Crippen LogP contribution in [0, 0.1) is 0 Å². The Morgan fingerprint density at radius 2 is 2.38 bits per heavy atom. The summed E-state index contributed by atoms with van der Waals surface area (Å²) in [4.78, 5) is 0. The largest absolute Gasteiger partial charge is 0.496 e. The number of anilines is 1. The van der Waals surface area contributed by atoms with Gasteiger partial charge in [-0.15, -0.1) is 5.10 Å². The molecule has 1 saturated heterocycles. The van der Waals surface area contributed by atoms with Crippen LogP contribution in [-0.4, -0.2) is 40.0 Å². The van der Waals surface area contributed by atoms with Crippen LogP contribution in [0.15, 0.2) is 18.2 Å². The normalized spacial score (nSPS) is 18.0. The average Bonchev–Trinajstić information content (AvgIpc) is 3.16. The molecular formula is C14H19N5O2. The molecule has 112 valence electrons. The lowest BCUT2D eigenvalue weighted by Crippen LogP contribution is -2.12. The average molecular weight is 289 g/mol. The summed E-state index contributed by atoms with van der Waals surface area (Å²) in [5, 5.41) is 11.9. The molecule has 2 heterocycles. The van der Waals surface area contributed by atoms with Crippen molar-refractivity contribution >= 4 is 5.69 Å². The molecule has 0 spiro atoms. The third-order valence-corrected chi connectivity index (χ3v) is 3.72. The predicted molar refractivity (Wildman–Crippen MR) is 77.8 cm³/mol. The number of nitrogens with zero attached hydrogens (tertiary/aromatic N) is 4. The molecule has 2 N–H and O–H groups in total. The van der Waals surface area contributed by atoms with Gasteiger partial charge in [-0.2, -0.15) is 0 Å². The summed E-state index contributed by atoms with van der Waals surface area (Å²) in [6.45, 7) is 1.55. The molecule has 0 bridgehead atoms. The first-order valence-electron chi connectivity index (χ1n) is 7.10. The smallest absolute Gasteiger partial charge is 0.187 e. The van der Waals surface area contributed by atoms with E-state index in [0.29, 0.717) is 29.9 Å². The molecule has 1 aromatic carbocycles. The fourth-order valence-corrected chi connectivity index (χ4v) is 2.63. The molecule has 0 saturated carbocycles. The van der Waals surface area contributed by atoms with E-state index in [-0.39, 0.29) is 0 Å². The fourth-order valence-electron chi connectivity index (χ4n) is 2.63. The van der Waals surface area contributed by atoms with Crippen molar-refractivity contribution < 1.29 is 9.47 Å². The third-order valence-electron chi connectivity index (χ3n) is 3.72. The second-order valence-corrected chi connectivity index (χ2v) is 5.07. The molecular weight excluding hydrogens is 270 g/mol. The zero-order valence-corrected chi connectivity index (χ0v) is 12.0. The Labute approximate surface area is 123 Å². The van der Waals surface area contributed by atoms with Crippen LogP contribution in [0.2, 0.25) is 0 Å². The molecule has 2 aromatic rings. The Hall–Kier alpha value is -2.15. The first-order chi connectivity index (χ1) is 10.3. The first kappa shape index (κ1) is 13.8. The molecule has 1 aliphatic heterocycles. The van der Waals surface area contributed by atoms with E-state index in [1.165, 1.54) is 0 Å². The summed E-state index contributed by atoms with van der Waals surface area (Å²) in [7, 11) is 1.61. The van der Waals surface area contributed by atoms with E-state index in [1.54, 1.807) is 11.8 Å². The maximum Gasteiger partial charge on any atom is 0.187 e. The summed E-state index contributed by atoms with van der Waals surface area (Å²) >= 11 is 0. The van der Waals surface area contributed by atoms with Gasteiger partial charge < -0.3 is 15.2 Å². The van der Waals surface area contributed by atoms with Gasteiger partial charge >= 0.3 is 0 Å². The van der Waals surface area contributed by atoms with Gasteiger partial charge in [-0.1, -0.05) is 6.07 Å². The van der Waals surface area contributed by atoms with Gasteiger partial charge in [0.2, 0.25) is 0 Å². The third kappa shape index (κ3) is 2.82. The van der Waals surface area contributed by atoms with Crippen molar-refractivity contribution in [1.29, 1.82) is 0 Å². The van der Waals surface area contributed by atoms with Gasteiger partial charge in [-0.25, -0.2) is 4.68 Å². The summed E-state index contributed by atoms with van der Waals surface area (Å²) in [6, 6.07) is 5.51. The highest BCUT2D eigenvalue weighted by atomic mass is 16.5. The van der Waals surface area contributed by atoms with E-state index >= 15 is 0 Å². The zero-order valence-electron chi connectivity index (χ0n) is 12.0. The Kier molecular flexibility index (Phi) is 4.01. The molecule has 3 rings (SSSR count). The van der Waals surface area contributed by atoms with Crippen molar-refractivity contribution in [3.63, 3.8) is 0 Å². The number of methoxy groups -OCH3 is 1. The maximum absolute atomic E-state index is 6.06. The molecule has 1 aromatic heterocycles. The molecule has 21 heavy (non-hydrogen) atoms. The zero-order chi connectivity index (χ0) is 14.7. The molecule has 1 aliphatic rings. The van der Waals surface area contributed by atoms with Gasteiger partial charge in [0, 0.05) is 18.8 Å². The number of hydrogen-bond acceptors (Lipinski definition) is 6. The Morgan fingerprint density at radius 1 is 1.48 bits per heavy atom. The van der Waals surface area contributed by atoms with Gasteiger partial charge in [-0.05, 0) is 41.8 Å². The van der Waals surface area contributed by atoms with E-state index < -0.39 is 0 Å². The van der Waals surface area contributed by atoms with Crippen molar-refractivity contribution in [2.24, 2.45) is 0 Å². The van der Waals surface area contributed by atoms with Crippen molar-refractivity contribution in [2.45, 2.75) is 31.9 Å². The minimum atomic E-state index is 0.303. The highest BCUT2D eigenvalue weighted by molar-refractivity contribution is 5.77. The molecule has 1 fully saturated rings. The Bertz CT molecular complexity index is 607. The highest BCUT2D eigenvalue weighted by Crippen LogP contribution is 2.33. The van der Waals surface area contributed by atoms with Crippen LogP contribution < -0.4 is 10.5 Å². The van der Waals surface area contributed by atoms with E-state index in [0.717, 1.165) is 31.4 Å². The summed E-state index contributed by atoms with van der Waals surface area (Å²) < 4.78 is 12.8. The number of aromatic nitrogens is 4. The number of benzene rings is 1. The number of nitrogen functional groups attached to an aromatic ring is 1. The van der Waals surface area contributed by atoms with Crippen molar-refractivity contribution in [1.82, 2.24) is 20.2 Å². The molecule has 0 amide bonds. The number of rotatable bonds is 5. The van der Waals surface area contributed by atoms with E-state index in [4.69, 9.17) is 15.2 Å². The highest BCUT2D eigenvalue weighted by Gasteiger charge is 2.19. The monoisotopic (exact) mass is 289 g/mol. The number of ether oxygens (including phenoxy) is 2. The van der Waals surface area contributed by atoms with Crippen molar-refractivity contribution in [2.75, 3.05) is 19.5 Å². The summed E-state index contributed by atoms with van der Waals surface area (Å²) in [6.07, 6.45) is 3.44. The second-order valence-electron chi connectivity index (χ2n) is 5.07. The fraction of sp³-hybridized carbons (Fsp3) is 0.500. The van der Waals surface area contributed by atoms with Crippen LogP contribution in [0.4, 0.5) is 5.69 Å². The lowest BCUT2D eigenvalue weighted by Gasteiger charge is -2.12. The number of hydrogen-bond donors (Lipinski definition) is 1. The molecule has 7 nitrogen and oxygen atoms in total. The minimum absolute atomic E-state index is 0.303. The second kappa shape index (κ2) is 6.09. The van der Waals surface area contributed by atoms with Crippen LogP contribution in [0.1, 0.15) is 19.3 Å². The Morgan fingerprint density at radius 3 is 3.14 bits per heavy atom. The first-order valence-corrected chi connectivity index (χ1v) is 7.10. The van der Waals surface area contributed by atoms with E-state index in [1.807, 2.05) is 18.2 Å². The minimum Gasteiger partial charge on any atom is -0.496 e. The molecule has 0 radical (unpaired) electrons. The van der Waals surface area contributed by atoms with Crippen LogP contribution in [0.5, 0.6) is 5.75 Å². The maximum atomic E-state index is 6.06. The van der Waals surface area contributed by atoms with Crippen molar-refractivity contribution in [3.05, 3.63) is 18.2 Å². The SMILES string of the molecule is COc1cccc(N)c1-c1nnnn1CCC1CCCO1. The molecule has 1 unspecified atom stereocenters. The van der Waals surface area contributed by atoms with E-state index in [2.05, 4.69) is 15.5 Å². The van der Waals surface area contributed by atoms with Gasteiger partial charge in [0.05, 0.1) is 18.8 Å². The van der Waals surface area contributed by atoms with Crippen LogP contribution in [-0.2, 0) is 11.3 Å². The number of nitrogens with two attached hydrogens (primary N) is 1. The topological polar surface area (TPSA) is 88.1 Å². The molecule has 7 heteroatoms. The predicted octanol–water partition coefficient (Wildman–Crippen LogP) is 1.50. The van der Waals surface area contributed by atoms with E-state index in [9.17, 15) is 0 Å². The van der Waals surface area contributed by atoms with Gasteiger partial charge in [0.1, 0.15) is 5.75 Å². The van der Waals surface area contributed by atoms with Gasteiger partial charge in [0.15, 0.2) is 5.82 Å².